The number of hydrogen-bond donors (Lipinski definition) is 1. The molecule has 26 heavy (non-hydrogen) atoms. The summed E-state index contributed by atoms with van der Waals surface area (Å²) >= 11 is 9.45. The van der Waals surface area contributed by atoms with E-state index in [1.807, 2.05) is 30.3 Å². The lowest BCUT2D eigenvalue weighted by Gasteiger charge is -2.09. The molecule has 0 aliphatic heterocycles. The van der Waals surface area contributed by atoms with Gasteiger partial charge in [0.2, 0.25) is 11.3 Å². The van der Waals surface area contributed by atoms with Gasteiger partial charge in [0.25, 0.3) is 0 Å². The lowest BCUT2D eigenvalue weighted by molar-refractivity contribution is 0.104. The number of benzene rings is 2. The fourth-order valence-corrected chi connectivity index (χ4v) is 4.42. The van der Waals surface area contributed by atoms with E-state index in [0.717, 1.165) is 20.1 Å². The number of fused-ring (bicyclic) bond motifs is 1. The molecule has 128 valence electrons. The smallest absolute Gasteiger partial charge is 0.249 e. The zero-order valence-electron chi connectivity index (χ0n) is 13.3. The molecule has 0 aliphatic rings. The van der Waals surface area contributed by atoms with Gasteiger partial charge in [-0.1, -0.05) is 23.7 Å². The number of aromatic amines is 1. The van der Waals surface area contributed by atoms with E-state index in [1.165, 1.54) is 11.3 Å². The van der Waals surface area contributed by atoms with Crippen LogP contribution in [0.4, 0.5) is 0 Å². The lowest BCUT2D eigenvalue weighted by Crippen LogP contribution is -2.06. The molecule has 3 nitrogen and oxygen atoms in total. The summed E-state index contributed by atoms with van der Waals surface area (Å²) in [7, 11) is 0. The number of aromatic nitrogens is 1. The Bertz CT molecular complexity index is 1210. The van der Waals surface area contributed by atoms with Crippen molar-refractivity contribution in [3.05, 3.63) is 89.4 Å². The molecular formula is C20H11ClINO2S. The van der Waals surface area contributed by atoms with E-state index in [-0.39, 0.29) is 11.3 Å². The summed E-state index contributed by atoms with van der Waals surface area (Å²) in [5.41, 5.74) is 2.84. The minimum atomic E-state index is -0.171. The van der Waals surface area contributed by atoms with Gasteiger partial charge in [0.15, 0.2) is 0 Å². The molecule has 2 heterocycles. The van der Waals surface area contributed by atoms with Crippen LogP contribution in [-0.2, 0) is 0 Å². The molecule has 2 aromatic heterocycles. The third kappa shape index (κ3) is 3.34. The van der Waals surface area contributed by atoms with Crippen LogP contribution in [0.2, 0.25) is 4.34 Å². The van der Waals surface area contributed by atoms with E-state index in [0.29, 0.717) is 20.3 Å². The topological polar surface area (TPSA) is 49.9 Å². The van der Waals surface area contributed by atoms with Gasteiger partial charge in [-0.15, -0.1) is 11.3 Å². The molecule has 1 N–H and O–H groups in total. The minimum absolute atomic E-state index is 0.0800. The molecule has 0 atom stereocenters. The van der Waals surface area contributed by atoms with E-state index in [4.69, 9.17) is 11.6 Å². The Hall–Kier alpha value is -1.96. The van der Waals surface area contributed by atoms with Crippen LogP contribution in [0.15, 0.2) is 65.5 Å². The number of carbonyl (C=O) groups excluding carboxylic acids is 1. The number of thiophene rings is 1. The monoisotopic (exact) mass is 491 g/mol. The lowest BCUT2D eigenvalue weighted by atomic mass is 9.98. The van der Waals surface area contributed by atoms with Crippen LogP contribution in [-0.4, -0.2) is 10.8 Å². The Labute approximate surface area is 171 Å². The predicted molar refractivity (Wildman–Crippen MR) is 115 cm³/mol. The largest absolute Gasteiger partial charge is 0.322 e. The zero-order chi connectivity index (χ0) is 18.3. The number of nitrogens with one attached hydrogen (secondary N) is 1. The van der Waals surface area contributed by atoms with Crippen molar-refractivity contribution < 1.29 is 4.79 Å². The molecule has 6 heteroatoms. The molecule has 0 unspecified atom stereocenters. The summed E-state index contributed by atoms with van der Waals surface area (Å²) in [6.45, 7) is 0. The second kappa shape index (κ2) is 6.98. The SMILES string of the molecule is O=C(c1ccc2[nH]c(=O)cc(-c3cccc(I)c3)c2c1)c1ccc(Cl)s1. The number of hydrogen-bond acceptors (Lipinski definition) is 3. The van der Waals surface area contributed by atoms with Crippen molar-refractivity contribution in [1.29, 1.82) is 0 Å². The molecule has 0 fully saturated rings. The number of pyridine rings is 1. The van der Waals surface area contributed by atoms with Gasteiger partial charge >= 0.3 is 0 Å². The maximum absolute atomic E-state index is 12.8. The Morgan fingerprint density at radius 3 is 2.62 bits per heavy atom. The molecule has 0 bridgehead atoms. The first-order valence-electron chi connectivity index (χ1n) is 7.74. The molecule has 0 spiro atoms. The number of H-pyrrole nitrogens is 1. The van der Waals surface area contributed by atoms with E-state index >= 15 is 0 Å². The second-order valence-corrected chi connectivity index (χ2v) is 8.71. The van der Waals surface area contributed by atoms with Gasteiger partial charge in [0, 0.05) is 26.1 Å². The highest BCUT2D eigenvalue weighted by atomic mass is 127. The fourth-order valence-electron chi connectivity index (χ4n) is 2.87. The highest BCUT2D eigenvalue weighted by molar-refractivity contribution is 14.1. The Kier molecular flexibility index (Phi) is 4.69. The molecule has 0 radical (unpaired) electrons. The van der Waals surface area contributed by atoms with Gasteiger partial charge in [-0.25, -0.2) is 0 Å². The quantitative estimate of drug-likeness (QED) is 0.293. The first-order chi connectivity index (χ1) is 12.5. The first-order valence-corrected chi connectivity index (χ1v) is 10.0. The fraction of sp³-hybridized carbons (Fsp3) is 0. The molecular weight excluding hydrogens is 481 g/mol. The average Bonchev–Trinajstić information content (AvgIpc) is 3.06. The van der Waals surface area contributed by atoms with Crippen LogP contribution in [0.3, 0.4) is 0 Å². The summed E-state index contributed by atoms with van der Waals surface area (Å²) in [6, 6.07) is 18.3. The van der Waals surface area contributed by atoms with Gasteiger partial charge in [-0.2, -0.15) is 0 Å². The van der Waals surface area contributed by atoms with Gasteiger partial charge < -0.3 is 4.98 Å². The summed E-state index contributed by atoms with van der Waals surface area (Å²) in [6.07, 6.45) is 0. The van der Waals surface area contributed by atoms with Crippen molar-refractivity contribution in [3.63, 3.8) is 0 Å². The third-order valence-corrected chi connectivity index (χ3v) is 5.94. The molecule has 0 saturated carbocycles. The van der Waals surface area contributed by atoms with Crippen LogP contribution in [0.5, 0.6) is 0 Å². The first kappa shape index (κ1) is 17.5. The van der Waals surface area contributed by atoms with Crippen molar-refractivity contribution in [2.24, 2.45) is 0 Å². The summed E-state index contributed by atoms with van der Waals surface area (Å²) in [5, 5.41) is 0.833. The highest BCUT2D eigenvalue weighted by Crippen LogP contribution is 2.30. The van der Waals surface area contributed by atoms with Crippen LogP contribution >= 0.6 is 45.5 Å². The van der Waals surface area contributed by atoms with Crippen molar-refractivity contribution in [2.75, 3.05) is 0 Å². The summed E-state index contributed by atoms with van der Waals surface area (Å²) in [4.78, 5) is 28.2. The summed E-state index contributed by atoms with van der Waals surface area (Å²) in [5.74, 6) is -0.0800. The van der Waals surface area contributed by atoms with Gasteiger partial charge in [0.1, 0.15) is 0 Å². The van der Waals surface area contributed by atoms with Crippen molar-refractivity contribution >= 4 is 62.2 Å². The average molecular weight is 492 g/mol. The Balaban J connectivity index is 1.92. The molecule has 4 aromatic rings. The maximum Gasteiger partial charge on any atom is 0.249 e. The van der Waals surface area contributed by atoms with Crippen molar-refractivity contribution in [3.8, 4) is 11.1 Å². The van der Waals surface area contributed by atoms with Crippen LogP contribution < -0.4 is 5.56 Å². The second-order valence-electron chi connectivity index (χ2n) is 5.75. The van der Waals surface area contributed by atoms with Gasteiger partial charge in [-0.3, -0.25) is 9.59 Å². The van der Waals surface area contributed by atoms with E-state index in [2.05, 4.69) is 27.6 Å². The van der Waals surface area contributed by atoms with Gasteiger partial charge in [-0.05, 0) is 76.2 Å². The van der Waals surface area contributed by atoms with E-state index in [9.17, 15) is 9.59 Å². The number of rotatable bonds is 3. The van der Waals surface area contributed by atoms with Crippen LogP contribution in [0, 0.1) is 3.57 Å². The number of carbonyl (C=O) groups is 1. The molecule has 0 amide bonds. The molecule has 2 aromatic carbocycles. The molecule has 4 rings (SSSR count). The molecule has 0 saturated heterocycles. The number of ketones is 1. The Morgan fingerprint density at radius 2 is 1.88 bits per heavy atom. The normalized spacial score (nSPS) is 11.0. The van der Waals surface area contributed by atoms with E-state index < -0.39 is 0 Å². The van der Waals surface area contributed by atoms with Crippen molar-refractivity contribution in [1.82, 2.24) is 4.98 Å². The highest BCUT2D eigenvalue weighted by Gasteiger charge is 2.14. The minimum Gasteiger partial charge on any atom is -0.322 e. The van der Waals surface area contributed by atoms with Crippen molar-refractivity contribution in [2.45, 2.75) is 0 Å². The predicted octanol–water partition coefficient (Wildman–Crippen LogP) is 5.75. The maximum atomic E-state index is 12.8. The number of halogens is 2. The third-order valence-electron chi connectivity index (χ3n) is 4.04. The summed E-state index contributed by atoms with van der Waals surface area (Å²) < 4.78 is 1.66. The van der Waals surface area contributed by atoms with Crippen LogP contribution in [0.25, 0.3) is 22.0 Å². The standard InChI is InChI=1S/C20H11ClINO2S/c21-18-7-6-17(26-18)20(25)12-4-5-16-15(9-12)14(10-19(24)23-16)11-2-1-3-13(22)8-11/h1-10H,(H,23,24). The molecule has 0 aliphatic carbocycles. The zero-order valence-corrected chi connectivity index (χ0v) is 17.0. The van der Waals surface area contributed by atoms with Crippen LogP contribution in [0.1, 0.15) is 15.2 Å². The Morgan fingerprint density at radius 1 is 1.04 bits per heavy atom. The van der Waals surface area contributed by atoms with E-state index in [1.54, 1.807) is 30.3 Å². The van der Waals surface area contributed by atoms with Gasteiger partial charge in [0.05, 0.1) is 9.21 Å².